The van der Waals surface area contributed by atoms with Gasteiger partial charge in [0.05, 0.1) is 6.21 Å². The average Bonchev–Trinajstić information content (AvgIpc) is 2.37. The van der Waals surface area contributed by atoms with Crippen molar-refractivity contribution in [2.24, 2.45) is 10.8 Å². The van der Waals surface area contributed by atoms with E-state index in [0.29, 0.717) is 12.0 Å². The zero-order valence-corrected chi connectivity index (χ0v) is 14.1. The lowest BCUT2D eigenvalue weighted by atomic mass is 9.79. The van der Waals surface area contributed by atoms with Crippen LogP contribution in [0.15, 0.2) is 23.3 Å². The van der Waals surface area contributed by atoms with Gasteiger partial charge in [0.2, 0.25) is 0 Å². The number of hydrogen-bond donors (Lipinski definition) is 2. The highest BCUT2D eigenvalue weighted by molar-refractivity contribution is 5.83. The van der Waals surface area contributed by atoms with Crippen LogP contribution < -0.4 is 16.1 Å². The first-order valence-corrected chi connectivity index (χ1v) is 7.74. The van der Waals surface area contributed by atoms with E-state index < -0.39 is 6.03 Å². The number of hydrogen-bond acceptors (Lipinski definition) is 3. The maximum Gasteiger partial charge on any atom is 0.332 e. The molecule has 22 heavy (non-hydrogen) atoms. The summed E-state index contributed by atoms with van der Waals surface area (Å²) in [4.78, 5) is 13.1. The first kappa shape index (κ1) is 16.3. The predicted octanol–water partition coefficient (Wildman–Crippen LogP) is 3.19. The highest BCUT2D eigenvalue weighted by Gasteiger charge is 2.37. The van der Waals surface area contributed by atoms with Gasteiger partial charge in [0.15, 0.2) is 0 Å². The van der Waals surface area contributed by atoms with Gasteiger partial charge in [-0.05, 0) is 63.3 Å². The smallest absolute Gasteiger partial charge is 0.332 e. The molecular formula is C17H26N4O. The molecule has 1 aliphatic rings. The molecule has 5 heteroatoms. The van der Waals surface area contributed by atoms with Crippen molar-refractivity contribution in [3.05, 3.63) is 29.3 Å². The molecule has 2 amide bonds. The number of primary amides is 1. The second-order valence-corrected chi connectivity index (χ2v) is 6.93. The molecule has 3 N–H and O–H groups in total. The number of nitrogens with one attached hydrogen (secondary N) is 1. The molecule has 1 heterocycles. The van der Waals surface area contributed by atoms with Crippen LogP contribution in [0.2, 0.25) is 0 Å². The Hall–Kier alpha value is -2.04. The van der Waals surface area contributed by atoms with Crippen LogP contribution >= 0.6 is 0 Å². The number of nitrogens with zero attached hydrogens (tertiary/aromatic N) is 2. The first-order valence-electron chi connectivity index (χ1n) is 7.74. The number of rotatable bonds is 3. The van der Waals surface area contributed by atoms with Crippen LogP contribution in [0.5, 0.6) is 0 Å². The minimum atomic E-state index is -0.657. The molecule has 1 aliphatic heterocycles. The zero-order valence-electron chi connectivity index (χ0n) is 14.1. The fraction of sp³-hybridized carbons (Fsp3) is 0.529. The SMILES string of the molecule is CC1CC(C)(C)N(C(C)C)c2ccc(/C=N/NC(N)=O)cc21. The Morgan fingerprint density at radius 2 is 2.18 bits per heavy atom. The molecule has 0 saturated heterocycles. The van der Waals surface area contributed by atoms with Crippen LogP contribution in [-0.2, 0) is 0 Å². The minimum Gasteiger partial charge on any atom is -0.364 e. The van der Waals surface area contributed by atoms with Crippen LogP contribution in [0.4, 0.5) is 10.5 Å². The normalized spacial score (nSPS) is 20.3. The van der Waals surface area contributed by atoms with Crippen molar-refractivity contribution in [1.82, 2.24) is 5.43 Å². The maximum atomic E-state index is 10.7. The number of urea groups is 1. The lowest BCUT2D eigenvalue weighted by Crippen LogP contribution is -2.51. The summed E-state index contributed by atoms with van der Waals surface area (Å²) in [7, 11) is 0. The molecule has 0 fully saturated rings. The second-order valence-electron chi connectivity index (χ2n) is 6.93. The monoisotopic (exact) mass is 302 g/mol. The van der Waals surface area contributed by atoms with Gasteiger partial charge >= 0.3 is 6.03 Å². The lowest BCUT2D eigenvalue weighted by molar-refractivity contribution is 0.249. The van der Waals surface area contributed by atoms with Gasteiger partial charge in [-0.2, -0.15) is 5.10 Å². The number of benzene rings is 1. The third-order valence-electron chi connectivity index (χ3n) is 4.20. The van der Waals surface area contributed by atoms with Gasteiger partial charge < -0.3 is 10.6 Å². The van der Waals surface area contributed by atoms with Crippen molar-refractivity contribution in [1.29, 1.82) is 0 Å². The minimum absolute atomic E-state index is 0.143. The van der Waals surface area contributed by atoms with E-state index in [1.165, 1.54) is 11.3 Å². The van der Waals surface area contributed by atoms with Gasteiger partial charge in [-0.15, -0.1) is 0 Å². The van der Waals surface area contributed by atoms with E-state index in [-0.39, 0.29) is 5.54 Å². The Balaban J connectivity index is 2.38. The number of hydrazone groups is 1. The number of amides is 2. The molecule has 5 nitrogen and oxygen atoms in total. The first-order chi connectivity index (χ1) is 10.2. The maximum absolute atomic E-state index is 10.7. The summed E-state index contributed by atoms with van der Waals surface area (Å²) in [6.45, 7) is 11.3. The topological polar surface area (TPSA) is 70.7 Å². The molecule has 0 radical (unpaired) electrons. The van der Waals surface area contributed by atoms with E-state index in [1.54, 1.807) is 6.21 Å². The lowest BCUT2D eigenvalue weighted by Gasteiger charge is -2.50. The molecule has 1 atom stereocenters. The summed E-state index contributed by atoms with van der Waals surface area (Å²) in [5.74, 6) is 0.484. The summed E-state index contributed by atoms with van der Waals surface area (Å²) < 4.78 is 0. The Kier molecular flexibility index (Phi) is 4.44. The average molecular weight is 302 g/mol. The van der Waals surface area contributed by atoms with Crippen LogP contribution in [-0.4, -0.2) is 23.8 Å². The molecular weight excluding hydrogens is 276 g/mol. The Bertz CT molecular complexity index is 592. The second kappa shape index (κ2) is 5.99. The van der Waals surface area contributed by atoms with Gasteiger partial charge in [-0.3, -0.25) is 0 Å². The van der Waals surface area contributed by atoms with Gasteiger partial charge in [-0.1, -0.05) is 13.0 Å². The molecule has 0 saturated carbocycles. The molecule has 1 aromatic rings. The molecule has 0 spiro atoms. The number of anilines is 1. The molecule has 2 rings (SSSR count). The van der Waals surface area contributed by atoms with Gasteiger partial charge in [0.25, 0.3) is 0 Å². The highest BCUT2D eigenvalue weighted by atomic mass is 16.2. The Labute approximate surface area is 132 Å². The zero-order chi connectivity index (χ0) is 16.5. The van der Waals surface area contributed by atoms with E-state index >= 15 is 0 Å². The van der Waals surface area contributed by atoms with Crippen molar-refractivity contribution in [3.63, 3.8) is 0 Å². The predicted molar refractivity (Wildman–Crippen MR) is 91.5 cm³/mol. The van der Waals surface area contributed by atoms with E-state index in [4.69, 9.17) is 5.73 Å². The fourth-order valence-corrected chi connectivity index (χ4v) is 3.70. The highest BCUT2D eigenvalue weighted by Crippen LogP contribution is 2.44. The van der Waals surface area contributed by atoms with Crippen molar-refractivity contribution >= 4 is 17.9 Å². The van der Waals surface area contributed by atoms with E-state index in [0.717, 1.165) is 12.0 Å². The van der Waals surface area contributed by atoms with E-state index in [2.05, 4.69) is 62.2 Å². The summed E-state index contributed by atoms with van der Waals surface area (Å²) in [5, 5.41) is 3.83. The third kappa shape index (κ3) is 3.24. The molecule has 120 valence electrons. The van der Waals surface area contributed by atoms with Crippen molar-refractivity contribution in [2.75, 3.05) is 4.90 Å². The third-order valence-corrected chi connectivity index (χ3v) is 4.20. The summed E-state index contributed by atoms with van der Waals surface area (Å²) in [6.07, 6.45) is 2.73. The summed E-state index contributed by atoms with van der Waals surface area (Å²) >= 11 is 0. The largest absolute Gasteiger partial charge is 0.364 e. The van der Waals surface area contributed by atoms with Gasteiger partial charge in [0, 0.05) is 17.3 Å². The van der Waals surface area contributed by atoms with Crippen molar-refractivity contribution in [2.45, 2.75) is 58.5 Å². The molecule has 0 bridgehead atoms. The van der Waals surface area contributed by atoms with E-state index in [9.17, 15) is 4.79 Å². The number of carbonyl (C=O) groups is 1. The Morgan fingerprint density at radius 1 is 1.50 bits per heavy atom. The van der Waals surface area contributed by atoms with Crippen LogP contribution in [0, 0.1) is 0 Å². The van der Waals surface area contributed by atoms with Gasteiger partial charge in [-0.25, -0.2) is 10.2 Å². The van der Waals surface area contributed by atoms with Crippen LogP contribution in [0.1, 0.15) is 58.1 Å². The van der Waals surface area contributed by atoms with Crippen molar-refractivity contribution in [3.8, 4) is 0 Å². The number of fused-ring (bicyclic) bond motifs is 1. The van der Waals surface area contributed by atoms with E-state index in [1.807, 2.05) is 6.07 Å². The van der Waals surface area contributed by atoms with Crippen molar-refractivity contribution < 1.29 is 4.79 Å². The quantitative estimate of drug-likeness (QED) is 0.665. The van der Waals surface area contributed by atoms with Gasteiger partial charge in [0.1, 0.15) is 0 Å². The molecule has 0 aromatic heterocycles. The summed E-state index contributed by atoms with van der Waals surface area (Å²) in [6, 6.07) is 6.11. The molecule has 1 unspecified atom stereocenters. The standard InChI is InChI=1S/C17H26N4O/c1-11(2)21-15-7-6-13(10-19-20-16(18)22)8-14(15)12(3)9-17(21,4)5/h6-8,10-12H,9H2,1-5H3,(H3,18,20,22)/b19-10+. The summed E-state index contributed by atoms with van der Waals surface area (Å²) in [5.41, 5.74) is 10.9. The Morgan fingerprint density at radius 3 is 2.77 bits per heavy atom. The molecule has 1 aromatic carbocycles. The number of carbonyl (C=O) groups excluding carboxylic acids is 1. The van der Waals surface area contributed by atoms with Crippen LogP contribution in [0.25, 0.3) is 0 Å². The molecule has 0 aliphatic carbocycles. The van der Waals surface area contributed by atoms with Crippen LogP contribution in [0.3, 0.4) is 0 Å². The fourth-order valence-electron chi connectivity index (χ4n) is 3.70. The number of nitrogens with two attached hydrogens (primary N) is 1.